The molecule has 9 heteroatoms. The summed E-state index contributed by atoms with van der Waals surface area (Å²) in [4.78, 5) is 50.8. The number of amides is 4. The minimum absolute atomic E-state index is 0.0166. The zero-order chi connectivity index (χ0) is 21.8. The molecule has 1 aliphatic heterocycles. The highest BCUT2D eigenvalue weighted by molar-refractivity contribution is 5.92. The van der Waals surface area contributed by atoms with E-state index in [0.29, 0.717) is 25.9 Å². The number of carbonyl (C=O) groups excluding carboxylic acids is 4. The van der Waals surface area contributed by atoms with Crippen LogP contribution >= 0.6 is 0 Å². The quantitative estimate of drug-likeness (QED) is 0.228. The molecule has 0 aromatic heterocycles. The standard InChI is InChI=1S/C20H36N4O5/c1-4-5-9-21-18(26)13-24-10-7-6-8-16(20(24)28)22-19(27)15(11-14(2)3)12-17(25)23-29/h14-16,29H,4-13H2,1-3H3,(H,21,26)(H,22,27)(H,23,25)/t15-,16+/m1/s1. The summed E-state index contributed by atoms with van der Waals surface area (Å²) < 4.78 is 0. The molecule has 0 aliphatic carbocycles. The number of carbonyl (C=O) groups is 4. The molecule has 9 nitrogen and oxygen atoms in total. The average molecular weight is 413 g/mol. The predicted molar refractivity (Wildman–Crippen MR) is 108 cm³/mol. The van der Waals surface area contributed by atoms with Crippen LogP contribution < -0.4 is 16.1 Å². The molecule has 0 aromatic carbocycles. The van der Waals surface area contributed by atoms with Gasteiger partial charge in [-0.15, -0.1) is 0 Å². The lowest BCUT2D eigenvalue weighted by atomic mass is 9.92. The van der Waals surface area contributed by atoms with Gasteiger partial charge >= 0.3 is 0 Å². The molecule has 2 atom stereocenters. The Morgan fingerprint density at radius 1 is 1.21 bits per heavy atom. The molecule has 0 saturated carbocycles. The Bertz CT molecular complexity index is 567. The van der Waals surface area contributed by atoms with Crippen molar-refractivity contribution in [2.75, 3.05) is 19.6 Å². The van der Waals surface area contributed by atoms with E-state index in [0.717, 1.165) is 25.7 Å². The van der Waals surface area contributed by atoms with Crippen molar-refractivity contribution >= 4 is 23.6 Å². The summed E-state index contributed by atoms with van der Waals surface area (Å²) in [7, 11) is 0. The monoisotopic (exact) mass is 412 g/mol. The molecule has 1 fully saturated rings. The van der Waals surface area contributed by atoms with Crippen LogP contribution in [0.1, 0.15) is 65.7 Å². The van der Waals surface area contributed by atoms with Gasteiger partial charge in [0.2, 0.25) is 23.6 Å². The first-order valence-electron chi connectivity index (χ1n) is 10.6. The smallest absolute Gasteiger partial charge is 0.245 e. The number of hydrogen-bond donors (Lipinski definition) is 4. The SMILES string of the molecule is CCCCNC(=O)CN1CCCC[C@H](NC(=O)[C@@H](CC(=O)NO)CC(C)C)C1=O. The molecular weight excluding hydrogens is 376 g/mol. The molecular formula is C20H36N4O5. The van der Waals surface area contributed by atoms with Crippen LogP contribution in [0.5, 0.6) is 0 Å². The van der Waals surface area contributed by atoms with Crippen LogP contribution in [0, 0.1) is 11.8 Å². The second-order valence-corrected chi connectivity index (χ2v) is 8.09. The van der Waals surface area contributed by atoms with Gasteiger partial charge in [0.25, 0.3) is 0 Å². The maximum atomic E-state index is 12.9. The summed E-state index contributed by atoms with van der Waals surface area (Å²) in [5.41, 5.74) is 1.56. The molecule has 0 radical (unpaired) electrons. The van der Waals surface area contributed by atoms with E-state index in [1.54, 1.807) is 5.48 Å². The van der Waals surface area contributed by atoms with Gasteiger partial charge in [-0.2, -0.15) is 0 Å². The van der Waals surface area contributed by atoms with E-state index in [2.05, 4.69) is 10.6 Å². The van der Waals surface area contributed by atoms with Crippen LogP contribution in [0.4, 0.5) is 0 Å². The molecule has 0 unspecified atom stereocenters. The van der Waals surface area contributed by atoms with E-state index >= 15 is 0 Å². The Morgan fingerprint density at radius 3 is 2.55 bits per heavy atom. The number of likely N-dealkylation sites (tertiary alicyclic amines) is 1. The van der Waals surface area contributed by atoms with Crippen molar-refractivity contribution < 1.29 is 24.4 Å². The van der Waals surface area contributed by atoms with Crippen LogP contribution in [0.25, 0.3) is 0 Å². The van der Waals surface area contributed by atoms with E-state index in [-0.39, 0.29) is 36.6 Å². The third-order valence-electron chi connectivity index (χ3n) is 4.97. The van der Waals surface area contributed by atoms with E-state index in [9.17, 15) is 19.2 Å². The molecule has 1 aliphatic rings. The summed E-state index contributed by atoms with van der Waals surface area (Å²) in [6, 6.07) is -0.708. The maximum Gasteiger partial charge on any atom is 0.245 e. The zero-order valence-electron chi connectivity index (χ0n) is 17.8. The number of rotatable bonds is 11. The van der Waals surface area contributed by atoms with Crippen molar-refractivity contribution in [2.45, 2.75) is 71.8 Å². The van der Waals surface area contributed by atoms with E-state index in [1.165, 1.54) is 4.90 Å². The van der Waals surface area contributed by atoms with Gasteiger partial charge < -0.3 is 15.5 Å². The van der Waals surface area contributed by atoms with Crippen molar-refractivity contribution in [3.63, 3.8) is 0 Å². The second kappa shape index (κ2) is 13.1. The van der Waals surface area contributed by atoms with Crippen LogP contribution in [-0.4, -0.2) is 59.4 Å². The summed E-state index contributed by atoms with van der Waals surface area (Å²) in [6.07, 6.45) is 4.20. The van der Waals surface area contributed by atoms with Crippen LogP contribution in [0.2, 0.25) is 0 Å². The summed E-state index contributed by atoms with van der Waals surface area (Å²) in [5.74, 6) is -1.94. The van der Waals surface area contributed by atoms with E-state index in [4.69, 9.17) is 5.21 Å². The molecule has 0 bridgehead atoms. The molecule has 4 N–H and O–H groups in total. The van der Waals surface area contributed by atoms with Gasteiger partial charge in [-0.1, -0.05) is 27.2 Å². The Labute approximate surface area is 172 Å². The lowest BCUT2D eigenvalue weighted by Gasteiger charge is -2.26. The van der Waals surface area contributed by atoms with Gasteiger partial charge in [0.05, 0.1) is 6.54 Å². The third-order valence-corrected chi connectivity index (χ3v) is 4.97. The van der Waals surface area contributed by atoms with Crippen molar-refractivity contribution in [3.8, 4) is 0 Å². The predicted octanol–water partition coefficient (Wildman–Crippen LogP) is 0.958. The van der Waals surface area contributed by atoms with Crippen LogP contribution in [0.3, 0.4) is 0 Å². The van der Waals surface area contributed by atoms with E-state index in [1.807, 2.05) is 20.8 Å². The number of hydroxylamine groups is 1. The Morgan fingerprint density at radius 2 is 1.93 bits per heavy atom. The maximum absolute atomic E-state index is 12.9. The second-order valence-electron chi connectivity index (χ2n) is 8.09. The fourth-order valence-corrected chi connectivity index (χ4v) is 3.44. The number of unbranched alkanes of at least 4 members (excludes halogenated alkanes) is 1. The molecule has 1 rings (SSSR count). The number of nitrogens with one attached hydrogen (secondary N) is 3. The molecule has 0 aromatic rings. The highest BCUT2D eigenvalue weighted by atomic mass is 16.5. The first kappa shape index (κ1) is 24.9. The lowest BCUT2D eigenvalue weighted by molar-refractivity contribution is -0.140. The highest BCUT2D eigenvalue weighted by Gasteiger charge is 2.32. The van der Waals surface area contributed by atoms with E-state index < -0.39 is 17.9 Å². The Kier molecular flexibility index (Phi) is 11.3. The molecule has 1 saturated heterocycles. The lowest BCUT2D eigenvalue weighted by Crippen LogP contribution is -2.51. The van der Waals surface area contributed by atoms with Crippen molar-refractivity contribution in [1.29, 1.82) is 0 Å². The molecule has 1 heterocycles. The summed E-state index contributed by atoms with van der Waals surface area (Å²) in [6.45, 7) is 6.96. The van der Waals surface area contributed by atoms with Crippen LogP contribution in [-0.2, 0) is 19.2 Å². The first-order chi connectivity index (χ1) is 13.8. The Hall–Kier alpha value is -2.16. The van der Waals surface area contributed by atoms with Gasteiger partial charge in [0.1, 0.15) is 6.04 Å². The Balaban J connectivity index is 2.73. The van der Waals surface area contributed by atoms with Crippen molar-refractivity contribution in [2.24, 2.45) is 11.8 Å². The van der Waals surface area contributed by atoms with Crippen molar-refractivity contribution in [3.05, 3.63) is 0 Å². The third kappa shape index (κ3) is 9.25. The summed E-state index contributed by atoms with van der Waals surface area (Å²) >= 11 is 0. The average Bonchev–Trinajstić information content (AvgIpc) is 2.83. The van der Waals surface area contributed by atoms with Gasteiger partial charge in [-0.25, -0.2) is 5.48 Å². The fraction of sp³-hybridized carbons (Fsp3) is 0.800. The number of nitrogens with zero attached hydrogens (tertiary/aromatic N) is 1. The molecule has 0 spiro atoms. The normalized spacial score (nSPS) is 18.2. The van der Waals surface area contributed by atoms with Gasteiger partial charge in [-0.3, -0.25) is 24.4 Å². The molecule has 4 amide bonds. The number of hydrogen-bond acceptors (Lipinski definition) is 5. The minimum atomic E-state index is -0.708. The topological polar surface area (TPSA) is 128 Å². The largest absolute Gasteiger partial charge is 0.355 e. The zero-order valence-corrected chi connectivity index (χ0v) is 17.8. The van der Waals surface area contributed by atoms with Gasteiger partial charge in [0, 0.05) is 25.4 Å². The summed E-state index contributed by atoms with van der Waals surface area (Å²) in [5, 5.41) is 14.3. The highest BCUT2D eigenvalue weighted by Crippen LogP contribution is 2.18. The fourth-order valence-electron chi connectivity index (χ4n) is 3.44. The van der Waals surface area contributed by atoms with Crippen molar-refractivity contribution in [1.82, 2.24) is 21.0 Å². The van der Waals surface area contributed by atoms with Crippen LogP contribution in [0.15, 0.2) is 0 Å². The van der Waals surface area contributed by atoms with Gasteiger partial charge in [0.15, 0.2) is 0 Å². The van der Waals surface area contributed by atoms with Gasteiger partial charge in [-0.05, 0) is 38.0 Å². The first-order valence-corrected chi connectivity index (χ1v) is 10.6. The molecule has 29 heavy (non-hydrogen) atoms. The molecule has 166 valence electrons. The minimum Gasteiger partial charge on any atom is -0.355 e.